The molecule has 0 atom stereocenters. The van der Waals surface area contributed by atoms with Gasteiger partial charge in [-0.3, -0.25) is 4.72 Å². The molecule has 140 valence electrons. The van der Waals surface area contributed by atoms with Gasteiger partial charge in [-0.25, -0.2) is 17.2 Å². The number of anilines is 3. The Morgan fingerprint density at radius 1 is 0.889 bits per heavy atom. The Bertz CT molecular complexity index is 1090. The number of halogens is 2. The molecular formula is C18H16F2N4O2S. The molecule has 3 rings (SSSR count). The molecule has 2 N–H and O–H groups in total. The Morgan fingerprint density at radius 3 is 2.22 bits per heavy atom. The van der Waals surface area contributed by atoms with Gasteiger partial charge in [0.25, 0.3) is 10.0 Å². The topological polar surface area (TPSA) is 84.0 Å². The van der Waals surface area contributed by atoms with Crippen molar-refractivity contribution in [2.45, 2.75) is 18.7 Å². The molecule has 0 aliphatic carbocycles. The molecule has 0 aliphatic heterocycles. The smallest absolute Gasteiger partial charge is 0.263 e. The fourth-order valence-electron chi connectivity index (χ4n) is 2.48. The molecule has 27 heavy (non-hydrogen) atoms. The van der Waals surface area contributed by atoms with Crippen molar-refractivity contribution in [3.05, 3.63) is 71.3 Å². The summed E-state index contributed by atoms with van der Waals surface area (Å²) < 4.78 is 53.9. The molecule has 0 saturated carbocycles. The van der Waals surface area contributed by atoms with Crippen LogP contribution < -0.4 is 10.0 Å². The maximum atomic E-state index is 13.6. The van der Waals surface area contributed by atoms with Crippen molar-refractivity contribution >= 4 is 27.3 Å². The van der Waals surface area contributed by atoms with E-state index in [9.17, 15) is 17.2 Å². The summed E-state index contributed by atoms with van der Waals surface area (Å²) in [6, 6.07) is 10.9. The van der Waals surface area contributed by atoms with E-state index >= 15 is 0 Å². The fraction of sp³-hybridized carbons (Fsp3) is 0.111. The Balaban J connectivity index is 1.77. The summed E-state index contributed by atoms with van der Waals surface area (Å²) in [5, 5.41) is 10.2. The minimum Gasteiger partial charge on any atom is -0.336 e. The second kappa shape index (κ2) is 7.28. The van der Waals surface area contributed by atoms with Crippen LogP contribution in [-0.4, -0.2) is 18.6 Å². The van der Waals surface area contributed by atoms with Crippen LogP contribution in [0, 0.1) is 25.5 Å². The van der Waals surface area contributed by atoms with Crippen molar-refractivity contribution in [3.8, 4) is 0 Å². The number of hydrogen-bond donors (Lipinski definition) is 2. The van der Waals surface area contributed by atoms with E-state index in [0.29, 0.717) is 5.56 Å². The van der Waals surface area contributed by atoms with Crippen LogP contribution in [0.3, 0.4) is 0 Å². The summed E-state index contributed by atoms with van der Waals surface area (Å²) in [6.45, 7) is 3.58. The Hall–Kier alpha value is -3.07. The maximum absolute atomic E-state index is 13.6. The van der Waals surface area contributed by atoms with Crippen LogP contribution in [0.4, 0.5) is 26.1 Å². The Kier molecular flexibility index (Phi) is 5.04. The van der Waals surface area contributed by atoms with Gasteiger partial charge < -0.3 is 5.32 Å². The lowest BCUT2D eigenvalue weighted by molar-refractivity contribution is 0.586. The standard InChI is InChI=1S/C18H16F2N4O2S/c1-11-3-6-16(12(2)9-11)27(25,26)24-18-8-7-17(22-23-18)21-15-5-4-13(19)10-14(15)20/h3-10H,1-2H3,(H,21,22)(H,23,24). The number of aryl methyl sites for hydroxylation is 2. The second-order valence-corrected chi connectivity index (χ2v) is 7.58. The van der Waals surface area contributed by atoms with Gasteiger partial charge in [-0.05, 0) is 49.7 Å². The van der Waals surface area contributed by atoms with Gasteiger partial charge >= 0.3 is 0 Å². The van der Waals surface area contributed by atoms with E-state index in [1.54, 1.807) is 19.1 Å². The van der Waals surface area contributed by atoms with E-state index in [1.165, 1.54) is 24.3 Å². The van der Waals surface area contributed by atoms with Crippen LogP contribution in [0.25, 0.3) is 0 Å². The molecule has 2 aromatic carbocycles. The highest BCUT2D eigenvalue weighted by atomic mass is 32.2. The van der Waals surface area contributed by atoms with Gasteiger partial charge in [-0.1, -0.05) is 17.7 Å². The average molecular weight is 390 g/mol. The summed E-state index contributed by atoms with van der Waals surface area (Å²) in [4.78, 5) is 0.144. The van der Waals surface area contributed by atoms with Gasteiger partial charge in [0.1, 0.15) is 11.6 Å². The predicted octanol–water partition coefficient (Wildman–Crippen LogP) is 3.92. The lowest BCUT2D eigenvalue weighted by Gasteiger charge is -2.11. The van der Waals surface area contributed by atoms with E-state index < -0.39 is 21.7 Å². The molecule has 0 unspecified atom stereocenters. The van der Waals surface area contributed by atoms with Gasteiger partial charge in [0.15, 0.2) is 11.6 Å². The zero-order chi connectivity index (χ0) is 19.6. The number of nitrogens with zero attached hydrogens (tertiary/aromatic N) is 2. The normalized spacial score (nSPS) is 11.3. The molecule has 1 heterocycles. The summed E-state index contributed by atoms with van der Waals surface area (Å²) in [6.07, 6.45) is 0. The third kappa shape index (κ3) is 4.37. The Labute approximate surface area is 155 Å². The SMILES string of the molecule is Cc1ccc(S(=O)(=O)Nc2ccc(Nc3ccc(F)cc3F)nn2)c(C)c1. The van der Waals surface area contributed by atoms with Gasteiger partial charge in [0.05, 0.1) is 10.6 Å². The van der Waals surface area contributed by atoms with Gasteiger partial charge in [-0.2, -0.15) is 0 Å². The Morgan fingerprint density at radius 2 is 1.59 bits per heavy atom. The maximum Gasteiger partial charge on any atom is 0.263 e. The molecule has 9 heteroatoms. The van der Waals surface area contributed by atoms with Crippen LogP contribution >= 0.6 is 0 Å². The summed E-state index contributed by atoms with van der Waals surface area (Å²) in [5.41, 5.74) is 1.59. The van der Waals surface area contributed by atoms with E-state index in [0.717, 1.165) is 17.7 Å². The highest BCUT2D eigenvalue weighted by Gasteiger charge is 2.17. The largest absolute Gasteiger partial charge is 0.336 e. The van der Waals surface area contributed by atoms with Crippen LogP contribution in [-0.2, 0) is 10.0 Å². The first-order valence-electron chi connectivity index (χ1n) is 7.90. The van der Waals surface area contributed by atoms with Crippen molar-refractivity contribution < 1.29 is 17.2 Å². The zero-order valence-electron chi connectivity index (χ0n) is 14.5. The third-order valence-electron chi connectivity index (χ3n) is 3.72. The molecule has 0 aliphatic rings. The monoisotopic (exact) mass is 390 g/mol. The van der Waals surface area contributed by atoms with Gasteiger partial charge in [-0.15, -0.1) is 10.2 Å². The number of benzene rings is 2. The summed E-state index contributed by atoms with van der Waals surface area (Å²) >= 11 is 0. The first-order chi connectivity index (χ1) is 12.7. The summed E-state index contributed by atoms with van der Waals surface area (Å²) in [5.74, 6) is -1.29. The lowest BCUT2D eigenvalue weighted by atomic mass is 10.2. The molecule has 0 radical (unpaired) electrons. The van der Waals surface area contributed by atoms with Gasteiger partial charge in [0, 0.05) is 6.07 Å². The highest BCUT2D eigenvalue weighted by Crippen LogP contribution is 2.21. The molecular weight excluding hydrogens is 374 g/mol. The predicted molar refractivity (Wildman–Crippen MR) is 98.4 cm³/mol. The van der Waals surface area contributed by atoms with E-state index in [1.807, 2.05) is 6.92 Å². The summed E-state index contributed by atoms with van der Waals surface area (Å²) in [7, 11) is -3.82. The van der Waals surface area contributed by atoms with Crippen molar-refractivity contribution in [3.63, 3.8) is 0 Å². The van der Waals surface area contributed by atoms with Gasteiger partial charge in [0.2, 0.25) is 0 Å². The molecule has 0 bridgehead atoms. The van der Waals surface area contributed by atoms with Crippen LogP contribution in [0.15, 0.2) is 53.4 Å². The number of rotatable bonds is 5. The number of hydrogen-bond acceptors (Lipinski definition) is 5. The van der Waals surface area contributed by atoms with Crippen molar-refractivity contribution in [2.75, 3.05) is 10.0 Å². The highest BCUT2D eigenvalue weighted by molar-refractivity contribution is 7.92. The molecule has 6 nitrogen and oxygen atoms in total. The molecule has 0 amide bonds. The van der Waals surface area contributed by atoms with Crippen LogP contribution in [0.5, 0.6) is 0 Å². The van der Waals surface area contributed by atoms with Crippen LogP contribution in [0.2, 0.25) is 0 Å². The number of sulfonamides is 1. The molecule has 0 spiro atoms. The van der Waals surface area contributed by atoms with E-state index in [4.69, 9.17) is 0 Å². The quantitative estimate of drug-likeness (QED) is 0.690. The zero-order valence-corrected chi connectivity index (χ0v) is 15.3. The van der Waals surface area contributed by atoms with Crippen LogP contribution in [0.1, 0.15) is 11.1 Å². The van der Waals surface area contributed by atoms with Crippen molar-refractivity contribution in [2.24, 2.45) is 0 Å². The molecule has 0 saturated heterocycles. The number of nitrogens with one attached hydrogen (secondary N) is 2. The van der Waals surface area contributed by atoms with Crippen molar-refractivity contribution in [1.82, 2.24) is 10.2 Å². The minimum atomic E-state index is -3.82. The molecule has 3 aromatic rings. The van der Waals surface area contributed by atoms with E-state index in [2.05, 4.69) is 20.2 Å². The average Bonchev–Trinajstić information content (AvgIpc) is 2.58. The van der Waals surface area contributed by atoms with Crippen molar-refractivity contribution in [1.29, 1.82) is 0 Å². The molecule has 0 fully saturated rings. The first kappa shape index (κ1) is 18.7. The second-order valence-electron chi connectivity index (χ2n) is 5.93. The first-order valence-corrected chi connectivity index (χ1v) is 9.39. The lowest BCUT2D eigenvalue weighted by Crippen LogP contribution is -2.15. The molecule has 1 aromatic heterocycles. The third-order valence-corrected chi connectivity index (χ3v) is 5.23. The minimum absolute atomic E-state index is 0.0140. The van der Waals surface area contributed by atoms with E-state index in [-0.39, 0.29) is 22.2 Å². The number of aromatic nitrogens is 2. The fourth-order valence-corrected chi connectivity index (χ4v) is 3.70.